The van der Waals surface area contributed by atoms with Crippen LogP contribution in [0.25, 0.3) is 0 Å². The molecule has 0 saturated heterocycles. The monoisotopic (exact) mass is 335 g/mol. The van der Waals surface area contributed by atoms with Crippen LogP contribution in [0.4, 0.5) is 0 Å². The molecule has 0 radical (unpaired) electrons. The zero-order valence-corrected chi connectivity index (χ0v) is 12.3. The third-order valence-electron chi connectivity index (χ3n) is 3.17. The fraction of sp³-hybridized carbons (Fsp3) is 0.267. The summed E-state index contributed by atoms with van der Waals surface area (Å²) in [6.45, 7) is 0.342. The molecule has 4 nitrogen and oxygen atoms in total. The summed E-state index contributed by atoms with van der Waals surface area (Å²) in [6.07, 6.45) is 1.12. The van der Waals surface area contributed by atoms with Crippen molar-refractivity contribution >= 4 is 15.9 Å². The number of para-hydroxylation sites is 2. The molecular formula is C15H14BrNO3. The van der Waals surface area contributed by atoms with E-state index in [1.807, 2.05) is 36.4 Å². The highest BCUT2D eigenvalue weighted by Gasteiger charge is 2.27. The van der Waals surface area contributed by atoms with E-state index in [1.165, 1.54) is 0 Å². The smallest absolute Gasteiger partial charge is 0.161 e. The molecule has 0 spiro atoms. The first-order chi connectivity index (χ1) is 9.72. The zero-order chi connectivity index (χ0) is 13.9. The van der Waals surface area contributed by atoms with Crippen molar-refractivity contribution < 1.29 is 14.6 Å². The van der Waals surface area contributed by atoms with Crippen LogP contribution in [0.3, 0.4) is 0 Å². The molecule has 0 saturated carbocycles. The van der Waals surface area contributed by atoms with E-state index in [0.717, 1.165) is 15.9 Å². The third kappa shape index (κ3) is 2.94. The average molecular weight is 336 g/mol. The van der Waals surface area contributed by atoms with Crippen molar-refractivity contribution in [3.8, 4) is 11.5 Å². The van der Waals surface area contributed by atoms with E-state index in [0.29, 0.717) is 18.8 Å². The molecule has 1 aromatic carbocycles. The van der Waals surface area contributed by atoms with Crippen molar-refractivity contribution in [3.05, 3.63) is 52.8 Å². The lowest BCUT2D eigenvalue weighted by Gasteiger charge is -2.29. The average Bonchev–Trinajstić information content (AvgIpc) is 2.49. The largest absolute Gasteiger partial charge is 0.486 e. The second kappa shape index (κ2) is 5.81. The number of pyridine rings is 1. The lowest BCUT2D eigenvalue weighted by atomic mass is 10.1. The lowest BCUT2D eigenvalue weighted by Crippen LogP contribution is -2.40. The van der Waals surface area contributed by atoms with Gasteiger partial charge in [-0.15, -0.1) is 0 Å². The summed E-state index contributed by atoms with van der Waals surface area (Å²) in [5.74, 6) is 1.39. The molecule has 1 aliphatic rings. The minimum absolute atomic E-state index is 0.342. The predicted molar refractivity (Wildman–Crippen MR) is 78.0 cm³/mol. The van der Waals surface area contributed by atoms with Gasteiger partial charge in [-0.25, -0.2) is 0 Å². The van der Waals surface area contributed by atoms with Crippen LogP contribution < -0.4 is 9.47 Å². The quantitative estimate of drug-likeness (QED) is 0.936. The molecule has 2 aromatic rings. The number of benzene rings is 1. The van der Waals surface area contributed by atoms with Crippen molar-refractivity contribution in [2.75, 3.05) is 6.61 Å². The van der Waals surface area contributed by atoms with Crippen molar-refractivity contribution in [1.82, 2.24) is 4.98 Å². The van der Waals surface area contributed by atoms with Crippen molar-refractivity contribution in [2.45, 2.75) is 18.6 Å². The SMILES string of the molecule is OC(Cc1ccc(Br)cn1)C1COc2ccccc2O1. The molecule has 1 aliphatic heterocycles. The Morgan fingerprint density at radius 1 is 1.25 bits per heavy atom. The molecule has 2 unspecified atom stereocenters. The predicted octanol–water partition coefficient (Wildman–Crippen LogP) is 2.59. The van der Waals surface area contributed by atoms with Gasteiger partial charge in [0.2, 0.25) is 0 Å². The fourth-order valence-electron chi connectivity index (χ4n) is 2.10. The Balaban J connectivity index is 1.67. The number of ether oxygens (including phenoxy) is 2. The first-order valence-electron chi connectivity index (χ1n) is 6.39. The molecule has 2 heterocycles. The fourth-order valence-corrected chi connectivity index (χ4v) is 2.33. The Kier molecular flexibility index (Phi) is 3.89. The summed E-state index contributed by atoms with van der Waals surface area (Å²) in [7, 11) is 0. The molecule has 0 bridgehead atoms. The molecule has 2 atom stereocenters. The molecule has 1 N–H and O–H groups in total. The number of aliphatic hydroxyl groups is 1. The van der Waals surface area contributed by atoms with Gasteiger partial charge < -0.3 is 14.6 Å². The molecule has 20 heavy (non-hydrogen) atoms. The van der Waals surface area contributed by atoms with Crippen LogP contribution in [0, 0.1) is 0 Å². The van der Waals surface area contributed by atoms with Crippen LogP contribution in [0.5, 0.6) is 11.5 Å². The van der Waals surface area contributed by atoms with Gasteiger partial charge in [0.25, 0.3) is 0 Å². The van der Waals surface area contributed by atoms with Gasteiger partial charge in [-0.05, 0) is 40.2 Å². The van der Waals surface area contributed by atoms with Gasteiger partial charge in [0.1, 0.15) is 6.61 Å². The van der Waals surface area contributed by atoms with Crippen LogP contribution in [-0.2, 0) is 6.42 Å². The van der Waals surface area contributed by atoms with Gasteiger partial charge in [0.05, 0.1) is 6.10 Å². The van der Waals surface area contributed by atoms with E-state index in [1.54, 1.807) is 6.20 Å². The van der Waals surface area contributed by atoms with Gasteiger partial charge in [-0.2, -0.15) is 0 Å². The van der Waals surface area contributed by atoms with Crippen LogP contribution >= 0.6 is 15.9 Å². The summed E-state index contributed by atoms with van der Waals surface area (Å²) in [5.41, 5.74) is 0.822. The minimum atomic E-state index is -0.656. The number of aromatic nitrogens is 1. The standard InChI is InChI=1S/C15H14BrNO3/c16-10-5-6-11(17-8-10)7-12(18)15-9-19-13-3-1-2-4-14(13)20-15/h1-6,8,12,15,18H,7,9H2. The highest BCUT2D eigenvalue weighted by atomic mass is 79.9. The number of nitrogens with zero attached hydrogens (tertiary/aromatic N) is 1. The van der Waals surface area contributed by atoms with E-state index in [2.05, 4.69) is 20.9 Å². The van der Waals surface area contributed by atoms with Crippen LogP contribution in [0.2, 0.25) is 0 Å². The van der Waals surface area contributed by atoms with Crippen molar-refractivity contribution in [3.63, 3.8) is 0 Å². The lowest BCUT2D eigenvalue weighted by molar-refractivity contribution is -0.00981. The number of halogens is 1. The molecule has 5 heteroatoms. The maximum Gasteiger partial charge on any atom is 0.161 e. The normalized spacial score (nSPS) is 18.6. The number of fused-ring (bicyclic) bond motifs is 1. The van der Waals surface area contributed by atoms with Gasteiger partial charge in [0.15, 0.2) is 17.6 Å². The van der Waals surface area contributed by atoms with Gasteiger partial charge >= 0.3 is 0 Å². The Morgan fingerprint density at radius 2 is 2.05 bits per heavy atom. The number of hydrogen-bond acceptors (Lipinski definition) is 4. The third-order valence-corrected chi connectivity index (χ3v) is 3.64. The number of rotatable bonds is 3. The van der Waals surface area contributed by atoms with Gasteiger partial charge in [-0.3, -0.25) is 4.98 Å². The first kappa shape index (κ1) is 13.4. The van der Waals surface area contributed by atoms with E-state index in [-0.39, 0.29) is 6.10 Å². The Hall–Kier alpha value is -1.59. The Morgan fingerprint density at radius 3 is 2.80 bits per heavy atom. The van der Waals surface area contributed by atoms with E-state index in [9.17, 15) is 5.11 Å². The summed E-state index contributed by atoms with van der Waals surface area (Å²) >= 11 is 3.34. The highest BCUT2D eigenvalue weighted by molar-refractivity contribution is 9.10. The molecule has 104 valence electrons. The second-order valence-electron chi connectivity index (χ2n) is 4.65. The first-order valence-corrected chi connectivity index (χ1v) is 7.18. The minimum Gasteiger partial charge on any atom is -0.486 e. The van der Waals surface area contributed by atoms with Crippen LogP contribution in [-0.4, -0.2) is 28.9 Å². The van der Waals surface area contributed by atoms with E-state index in [4.69, 9.17) is 9.47 Å². The number of aliphatic hydroxyl groups excluding tert-OH is 1. The molecule has 0 amide bonds. The maximum absolute atomic E-state index is 10.3. The maximum atomic E-state index is 10.3. The summed E-state index contributed by atoms with van der Waals surface area (Å²) in [4.78, 5) is 4.25. The summed E-state index contributed by atoms with van der Waals surface area (Å²) in [5, 5.41) is 10.3. The van der Waals surface area contributed by atoms with Crippen LogP contribution in [0.15, 0.2) is 47.1 Å². The summed E-state index contributed by atoms with van der Waals surface area (Å²) < 4.78 is 12.3. The highest BCUT2D eigenvalue weighted by Crippen LogP contribution is 2.31. The molecule has 0 aliphatic carbocycles. The topological polar surface area (TPSA) is 51.6 Å². The van der Waals surface area contributed by atoms with Crippen LogP contribution in [0.1, 0.15) is 5.69 Å². The molecular weight excluding hydrogens is 322 g/mol. The molecule has 0 fully saturated rings. The second-order valence-corrected chi connectivity index (χ2v) is 5.57. The van der Waals surface area contributed by atoms with Crippen molar-refractivity contribution in [2.24, 2.45) is 0 Å². The zero-order valence-electron chi connectivity index (χ0n) is 10.7. The van der Waals surface area contributed by atoms with Crippen molar-refractivity contribution in [1.29, 1.82) is 0 Å². The van der Waals surface area contributed by atoms with Gasteiger partial charge in [-0.1, -0.05) is 12.1 Å². The van der Waals surface area contributed by atoms with Gasteiger partial charge in [0, 0.05) is 22.8 Å². The molecule has 1 aromatic heterocycles. The van der Waals surface area contributed by atoms with E-state index >= 15 is 0 Å². The Bertz CT molecular complexity index is 588. The van der Waals surface area contributed by atoms with E-state index < -0.39 is 6.10 Å². The number of hydrogen-bond donors (Lipinski definition) is 1. The molecule has 3 rings (SSSR count). The Labute approximate surface area is 125 Å². The summed E-state index contributed by atoms with van der Waals surface area (Å²) in [6, 6.07) is 11.3.